The zero-order valence-electron chi connectivity index (χ0n) is 8.76. The molecule has 4 nitrogen and oxygen atoms in total. The molecule has 0 unspecified atom stereocenters. The summed E-state index contributed by atoms with van der Waals surface area (Å²) >= 11 is 5.86. The third-order valence-corrected chi connectivity index (χ3v) is 3.94. The van der Waals surface area contributed by atoms with Gasteiger partial charge in [-0.3, -0.25) is 0 Å². The molecule has 90 valence electrons. The van der Waals surface area contributed by atoms with Gasteiger partial charge in [0, 0.05) is 15.7 Å². The van der Waals surface area contributed by atoms with Crippen molar-refractivity contribution in [2.45, 2.75) is 11.8 Å². The smallest absolute Gasteiger partial charge is 0.237 e. The van der Waals surface area contributed by atoms with Crippen molar-refractivity contribution >= 4 is 31.3 Å². The lowest BCUT2D eigenvalue weighted by atomic mass is 10.3. The first-order valence-corrected chi connectivity index (χ1v) is 7.33. The SMILES string of the molecule is Cc1c(S(=O)(=O)Cl)cnn1-c1cccc(Cl)c1. The van der Waals surface area contributed by atoms with Crippen LogP contribution < -0.4 is 0 Å². The number of hydrogen-bond acceptors (Lipinski definition) is 3. The second-order valence-corrected chi connectivity index (χ2v) is 6.39. The average molecular weight is 291 g/mol. The van der Waals surface area contributed by atoms with Crippen molar-refractivity contribution < 1.29 is 8.42 Å². The summed E-state index contributed by atoms with van der Waals surface area (Å²) in [5.41, 5.74) is 1.13. The van der Waals surface area contributed by atoms with Gasteiger partial charge in [-0.15, -0.1) is 0 Å². The summed E-state index contributed by atoms with van der Waals surface area (Å²) < 4.78 is 24.0. The molecule has 2 rings (SSSR count). The van der Waals surface area contributed by atoms with Crippen molar-refractivity contribution in [2.24, 2.45) is 0 Å². The maximum Gasteiger partial charge on any atom is 0.264 e. The molecule has 0 amide bonds. The largest absolute Gasteiger partial charge is 0.264 e. The van der Waals surface area contributed by atoms with Crippen LogP contribution in [-0.2, 0) is 9.05 Å². The van der Waals surface area contributed by atoms with Crippen LogP contribution in [0.3, 0.4) is 0 Å². The summed E-state index contributed by atoms with van der Waals surface area (Å²) in [5.74, 6) is 0. The Balaban J connectivity index is 2.60. The highest BCUT2D eigenvalue weighted by molar-refractivity contribution is 8.13. The summed E-state index contributed by atoms with van der Waals surface area (Å²) in [6, 6.07) is 6.94. The van der Waals surface area contributed by atoms with Crippen LogP contribution in [0.25, 0.3) is 5.69 Å². The number of benzene rings is 1. The van der Waals surface area contributed by atoms with Gasteiger partial charge in [-0.1, -0.05) is 17.7 Å². The Morgan fingerprint density at radius 1 is 1.35 bits per heavy atom. The first-order chi connectivity index (χ1) is 7.89. The fourth-order valence-corrected chi connectivity index (χ4v) is 2.75. The fraction of sp³-hybridized carbons (Fsp3) is 0.100. The van der Waals surface area contributed by atoms with Crippen LogP contribution in [0.4, 0.5) is 0 Å². The van der Waals surface area contributed by atoms with Crippen LogP contribution in [-0.4, -0.2) is 18.2 Å². The normalized spacial score (nSPS) is 11.7. The van der Waals surface area contributed by atoms with Crippen LogP contribution >= 0.6 is 22.3 Å². The number of nitrogens with zero attached hydrogens (tertiary/aromatic N) is 2. The van der Waals surface area contributed by atoms with E-state index in [1.165, 1.54) is 10.9 Å². The molecule has 0 spiro atoms. The third-order valence-electron chi connectivity index (χ3n) is 2.28. The molecule has 0 aliphatic carbocycles. The quantitative estimate of drug-likeness (QED) is 0.799. The molecule has 2 aromatic rings. The van der Waals surface area contributed by atoms with E-state index in [9.17, 15) is 8.42 Å². The van der Waals surface area contributed by atoms with E-state index >= 15 is 0 Å². The van der Waals surface area contributed by atoms with E-state index in [1.807, 2.05) is 0 Å². The second-order valence-electron chi connectivity index (χ2n) is 3.42. The number of aromatic nitrogens is 2. The van der Waals surface area contributed by atoms with Crippen LogP contribution in [0.2, 0.25) is 5.02 Å². The minimum atomic E-state index is -3.77. The first kappa shape index (κ1) is 12.4. The summed E-state index contributed by atoms with van der Waals surface area (Å²) in [5, 5.41) is 4.54. The van der Waals surface area contributed by atoms with Crippen molar-refractivity contribution in [1.82, 2.24) is 9.78 Å². The van der Waals surface area contributed by atoms with E-state index in [0.29, 0.717) is 16.4 Å². The van der Waals surface area contributed by atoms with Gasteiger partial charge in [-0.05, 0) is 25.1 Å². The van der Waals surface area contributed by atoms with Gasteiger partial charge in [0.2, 0.25) is 0 Å². The number of rotatable bonds is 2. The van der Waals surface area contributed by atoms with E-state index in [0.717, 1.165) is 0 Å². The molecule has 0 N–H and O–H groups in total. The molecule has 0 bridgehead atoms. The van der Waals surface area contributed by atoms with Gasteiger partial charge in [0.25, 0.3) is 9.05 Å². The third kappa shape index (κ3) is 2.46. The Hall–Kier alpha value is -1.04. The van der Waals surface area contributed by atoms with Gasteiger partial charge >= 0.3 is 0 Å². The molecular formula is C10H8Cl2N2O2S. The molecule has 1 aromatic carbocycles. The van der Waals surface area contributed by atoms with Gasteiger partial charge in [0.15, 0.2) is 0 Å². The van der Waals surface area contributed by atoms with Crippen molar-refractivity contribution in [2.75, 3.05) is 0 Å². The van der Waals surface area contributed by atoms with Crippen LogP contribution in [0.1, 0.15) is 5.69 Å². The maximum absolute atomic E-state index is 11.3. The molecule has 17 heavy (non-hydrogen) atoms. The molecule has 0 fully saturated rings. The topological polar surface area (TPSA) is 52.0 Å². The summed E-state index contributed by atoms with van der Waals surface area (Å²) in [4.78, 5) is -0.000794. The van der Waals surface area contributed by atoms with Crippen LogP contribution in [0.15, 0.2) is 35.4 Å². The highest BCUT2D eigenvalue weighted by atomic mass is 35.7. The Morgan fingerprint density at radius 3 is 2.59 bits per heavy atom. The lowest BCUT2D eigenvalue weighted by Gasteiger charge is -2.04. The fourth-order valence-electron chi connectivity index (χ4n) is 1.50. The number of hydrogen-bond donors (Lipinski definition) is 0. The van der Waals surface area contributed by atoms with Gasteiger partial charge in [-0.2, -0.15) is 5.10 Å². The Labute approximate surface area is 108 Å². The monoisotopic (exact) mass is 290 g/mol. The van der Waals surface area contributed by atoms with Gasteiger partial charge in [-0.25, -0.2) is 13.1 Å². The van der Waals surface area contributed by atoms with Gasteiger partial charge in [0.1, 0.15) is 4.90 Å². The van der Waals surface area contributed by atoms with E-state index in [1.54, 1.807) is 31.2 Å². The van der Waals surface area contributed by atoms with E-state index in [2.05, 4.69) is 5.10 Å². The molecule has 0 saturated carbocycles. The van der Waals surface area contributed by atoms with Crippen molar-refractivity contribution in [3.8, 4) is 5.69 Å². The molecule has 0 radical (unpaired) electrons. The molecule has 0 atom stereocenters. The summed E-state index contributed by atoms with van der Waals surface area (Å²) in [6.45, 7) is 1.63. The minimum Gasteiger partial charge on any atom is -0.237 e. The van der Waals surface area contributed by atoms with E-state index < -0.39 is 9.05 Å². The molecule has 0 aliphatic rings. The van der Waals surface area contributed by atoms with E-state index in [4.69, 9.17) is 22.3 Å². The van der Waals surface area contributed by atoms with Crippen LogP contribution in [0, 0.1) is 6.92 Å². The van der Waals surface area contributed by atoms with Crippen molar-refractivity contribution in [3.05, 3.63) is 41.2 Å². The summed E-state index contributed by atoms with van der Waals surface area (Å²) in [6.07, 6.45) is 1.22. The molecule has 1 aromatic heterocycles. The predicted molar refractivity (Wildman–Crippen MR) is 66.3 cm³/mol. The van der Waals surface area contributed by atoms with E-state index in [-0.39, 0.29) is 4.90 Å². The number of halogens is 2. The Morgan fingerprint density at radius 2 is 2.06 bits per heavy atom. The molecular weight excluding hydrogens is 283 g/mol. The average Bonchev–Trinajstić information content (AvgIpc) is 2.59. The highest BCUT2D eigenvalue weighted by Crippen LogP contribution is 2.22. The highest BCUT2D eigenvalue weighted by Gasteiger charge is 2.18. The molecule has 1 heterocycles. The second kappa shape index (κ2) is 4.33. The minimum absolute atomic E-state index is 0.000794. The van der Waals surface area contributed by atoms with Gasteiger partial charge in [0.05, 0.1) is 17.6 Å². The van der Waals surface area contributed by atoms with Gasteiger partial charge < -0.3 is 0 Å². The Kier molecular flexibility index (Phi) is 3.16. The Bertz CT molecular complexity index is 665. The van der Waals surface area contributed by atoms with Crippen LogP contribution in [0.5, 0.6) is 0 Å². The molecule has 7 heteroatoms. The lowest BCUT2D eigenvalue weighted by Crippen LogP contribution is -2.00. The molecule has 0 aliphatic heterocycles. The van der Waals surface area contributed by atoms with Crippen molar-refractivity contribution in [1.29, 1.82) is 0 Å². The first-order valence-electron chi connectivity index (χ1n) is 4.65. The maximum atomic E-state index is 11.3. The predicted octanol–water partition coefficient (Wildman–Crippen LogP) is 2.76. The van der Waals surface area contributed by atoms with Crippen molar-refractivity contribution in [3.63, 3.8) is 0 Å². The zero-order chi connectivity index (χ0) is 12.6. The standard InChI is InChI=1S/C10H8Cl2N2O2S/c1-7-10(17(12,15)16)6-13-14(7)9-4-2-3-8(11)5-9/h2-6H,1H3. The molecule has 0 saturated heterocycles. The lowest BCUT2D eigenvalue weighted by molar-refractivity contribution is 0.609. The summed E-state index contributed by atoms with van der Waals surface area (Å²) in [7, 11) is 1.51. The zero-order valence-corrected chi connectivity index (χ0v) is 11.1.